The summed E-state index contributed by atoms with van der Waals surface area (Å²) in [4.78, 5) is 11.4. The van der Waals surface area contributed by atoms with E-state index in [0.717, 1.165) is 28.7 Å². The summed E-state index contributed by atoms with van der Waals surface area (Å²) in [6, 6.07) is 7.81. The first kappa shape index (κ1) is 13.3. The molecule has 0 fully saturated rings. The molecule has 0 radical (unpaired) electrons. The lowest BCUT2D eigenvalue weighted by molar-refractivity contribution is -0.120. The maximum Gasteiger partial charge on any atom is 0.220 e. The molecule has 0 spiro atoms. The lowest BCUT2D eigenvalue weighted by atomic mass is 10.1. The first-order valence-corrected chi connectivity index (χ1v) is 6.74. The quantitative estimate of drug-likeness (QED) is 0.640. The van der Waals surface area contributed by atoms with Crippen LogP contribution in [-0.4, -0.2) is 24.0 Å². The molecule has 1 rings (SSSR count). The Labute approximate surface area is 110 Å². The van der Waals surface area contributed by atoms with Crippen molar-refractivity contribution < 1.29 is 9.53 Å². The van der Waals surface area contributed by atoms with Gasteiger partial charge in [-0.3, -0.25) is 4.79 Å². The number of benzene rings is 1. The third kappa shape index (κ3) is 4.83. The number of hydrogen-bond acceptors (Lipinski definition) is 2. The molecule has 0 aromatic heterocycles. The van der Waals surface area contributed by atoms with Gasteiger partial charge >= 0.3 is 0 Å². The number of rotatable bonds is 6. The van der Waals surface area contributed by atoms with E-state index < -0.39 is 0 Å². The van der Waals surface area contributed by atoms with E-state index in [-0.39, 0.29) is 5.91 Å². The number of amides is 1. The number of methoxy groups -OCH3 is 1. The van der Waals surface area contributed by atoms with Gasteiger partial charge in [0.15, 0.2) is 0 Å². The van der Waals surface area contributed by atoms with Gasteiger partial charge in [-0.25, -0.2) is 0 Å². The highest BCUT2D eigenvalue weighted by Crippen LogP contribution is 2.12. The third-order valence-electron chi connectivity index (χ3n) is 2.22. The second-order valence-corrected chi connectivity index (χ2v) is 4.47. The van der Waals surface area contributed by atoms with Gasteiger partial charge in [0.05, 0.1) is 7.11 Å². The number of halogens is 1. The molecule has 1 amide bonds. The van der Waals surface area contributed by atoms with E-state index in [0.29, 0.717) is 6.42 Å². The van der Waals surface area contributed by atoms with Gasteiger partial charge in [-0.05, 0) is 24.1 Å². The molecule has 0 aliphatic rings. The molecule has 1 aromatic carbocycles. The van der Waals surface area contributed by atoms with Crippen molar-refractivity contribution in [2.75, 3.05) is 18.1 Å². The Kier molecular flexibility index (Phi) is 6.22. The predicted octanol–water partition coefficient (Wildman–Crippen LogP) is 2.18. The van der Waals surface area contributed by atoms with Gasteiger partial charge in [0.2, 0.25) is 5.91 Å². The summed E-state index contributed by atoms with van der Waals surface area (Å²) >= 11 is 2.24. The Morgan fingerprint density at radius 1 is 1.38 bits per heavy atom. The van der Waals surface area contributed by atoms with Crippen molar-refractivity contribution >= 4 is 28.5 Å². The fourth-order valence-corrected chi connectivity index (χ4v) is 1.59. The van der Waals surface area contributed by atoms with Crippen LogP contribution in [0.3, 0.4) is 0 Å². The summed E-state index contributed by atoms with van der Waals surface area (Å²) in [6.07, 6.45) is 1.32. The van der Waals surface area contributed by atoms with Crippen LogP contribution in [0.25, 0.3) is 0 Å². The van der Waals surface area contributed by atoms with E-state index >= 15 is 0 Å². The summed E-state index contributed by atoms with van der Waals surface area (Å²) in [5, 5.41) is 2.85. The standard InChI is InChI=1S/C12H16INO2/c1-16-11-5-2-10(3-6-11)4-7-12(15)14-9-8-13/h2-3,5-6H,4,7-9H2,1H3,(H,14,15). The second kappa shape index (κ2) is 7.49. The van der Waals surface area contributed by atoms with Crippen LogP contribution in [0.5, 0.6) is 5.75 Å². The molecule has 0 saturated heterocycles. The van der Waals surface area contributed by atoms with Crippen LogP contribution in [0, 0.1) is 0 Å². The van der Waals surface area contributed by atoms with Crippen LogP contribution in [0.15, 0.2) is 24.3 Å². The van der Waals surface area contributed by atoms with Gasteiger partial charge in [0, 0.05) is 17.4 Å². The van der Waals surface area contributed by atoms with Crippen LogP contribution in [0.2, 0.25) is 0 Å². The Hall–Kier alpha value is -0.780. The maximum atomic E-state index is 11.4. The molecule has 0 atom stereocenters. The van der Waals surface area contributed by atoms with Gasteiger partial charge in [0.25, 0.3) is 0 Å². The highest BCUT2D eigenvalue weighted by Gasteiger charge is 2.01. The molecular weight excluding hydrogens is 317 g/mol. The molecule has 16 heavy (non-hydrogen) atoms. The van der Waals surface area contributed by atoms with E-state index in [1.165, 1.54) is 0 Å². The highest BCUT2D eigenvalue weighted by atomic mass is 127. The van der Waals surface area contributed by atoms with Gasteiger partial charge in [-0.2, -0.15) is 0 Å². The smallest absolute Gasteiger partial charge is 0.220 e. The maximum absolute atomic E-state index is 11.4. The highest BCUT2D eigenvalue weighted by molar-refractivity contribution is 14.1. The van der Waals surface area contributed by atoms with E-state index in [1.54, 1.807) is 7.11 Å². The number of carbonyl (C=O) groups is 1. The van der Waals surface area contributed by atoms with Crippen molar-refractivity contribution in [3.63, 3.8) is 0 Å². The van der Waals surface area contributed by atoms with Crippen LogP contribution < -0.4 is 10.1 Å². The molecule has 1 N–H and O–H groups in total. The van der Waals surface area contributed by atoms with Crippen LogP contribution >= 0.6 is 22.6 Å². The van der Waals surface area contributed by atoms with E-state index in [9.17, 15) is 4.79 Å². The average Bonchev–Trinajstić information content (AvgIpc) is 2.34. The van der Waals surface area contributed by atoms with Crippen molar-refractivity contribution in [2.24, 2.45) is 0 Å². The Balaban J connectivity index is 2.33. The zero-order valence-electron chi connectivity index (χ0n) is 9.33. The zero-order chi connectivity index (χ0) is 11.8. The second-order valence-electron chi connectivity index (χ2n) is 3.39. The molecular formula is C12H16INO2. The van der Waals surface area contributed by atoms with Crippen molar-refractivity contribution in [1.82, 2.24) is 5.32 Å². The molecule has 0 heterocycles. The Bertz CT molecular complexity index is 324. The topological polar surface area (TPSA) is 38.3 Å². The fraction of sp³-hybridized carbons (Fsp3) is 0.417. The summed E-state index contributed by atoms with van der Waals surface area (Å²) in [6.45, 7) is 0.752. The molecule has 0 bridgehead atoms. The molecule has 0 aliphatic heterocycles. The minimum Gasteiger partial charge on any atom is -0.497 e. The largest absolute Gasteiger partial charge is 0.497 e. The lowest BCUT2D eigenvalue weighted by Crippen LogP contribution is -2.25. The van der Waals surface area contributed by atoms with Crippen LogP contribution in [0.1, 0.15) is 12.0 Å². The summed E-state index contributed by atoms with van der Waals surface area (Å²) < 4.78 is 6.02. The minimum atomic E-state index is 0.118. The minimum absolute atomic E-state index is 0.118. The predicted molar refractivity (Wildman–Crippen MR) is 73.2 cm³/mol. The van der Waals surface area contributed by atoms with Crippen LogP contribution in [0.4, 0.5) is 0 Å². The summed E-state index contributed by atoms with van der Waals surface area (Å²) in [7, 11) is 1.65. The number of aryl methyl sites for hydroxylation is 1. The molecule has 4 heteroatoms. The van der Waals surface area contributed by atoms with E-state index in [1.807, 2.05) is 24.3 Å². The summed E-state index contributed by atoms with van der Waals surface area (Å²) in [5.74, 6) is 0.964. The van der Waals surface area contributed by atoms with Gasteiger partial charge in [-0.15, -0.1) is 0 Å². The first-order chi connectivity index (χ1) is 7.76. The van der Waals surface area contributed by atoms with Crippen molar-refractivity contribution in [1.29, 1.82) is 0 Å². The van der Waals surface area contributed by atoms with Crippen molar-refractivity contribution in [2.45, 2.75) is 12.8 Å². The normalized spacial score (nSPS) is 9.88. The van der Waals surface area contributed by atoms with Gasteiger partial charge in [0.1, 0.15) is 5.75 Å². The molecule has 0 saturated carbocycles. The zero-order valence-corrected chi connectivity index (χ0v) is 11.5. The molecule has 3 nitrogen and oxygen atoms in total. The van der Waals surface area contributed by atoms with E-state index in [4.69, 9.17) is 4.74 Å². The third-order valence-corrected chi connectivity index (χ3v) is 2.76. The molecule has 1 aromatic rings. The SMILES string of the molecule is COc1ccc(CCC(=O)NCCI)cc1. The summed E-state index contributed by atoms with van der Waals surface area (Å²) in [5.41, 5.74) is 1.16. The van der Waals surface area contributed by atoms with Crippen molar-refractivity contribution in [3.05, 3.63) is 29.8 Å². The number of alkyl halides is 1. The Morgan fingerprint density at radius 2 is 2.06 bits per heavy atom. The van der Waals surface area contributed by atoms with Crippen molar-refractivity contribution in [3.8, 4) is 5.75 Å². The fourth-order valence-electron chi connectivity index (χ4n) is 1.33. The monoisotopic (exact) mass is 333 g/mol. The van der Waals surface area contributed by atoms with Gasteiger partial charge in [-0.1, -0.05) is 34.7 Å². The lowest BCUT2D eigenvalue weighted by Gasteiger charge is -2.04. The number of hydrogen-bond donors (Lipinski definition) is 1. The average molecular weight is 333 g/mol. The molecule has 88 valence electrons. The molecule has 0 aliphatic carbocycles. The Morgan fingerprint density at radius 3 is 2.62 bits per heavy atom. The number of nitrogens with one attached hydrogen (secondary N) is 1. The first-order valence-electron chi connectivity index (χ1n) is 5.22. The number of carbonyl (C=O) groups excluding carboxylic acids is 1. The number of ether oxygens (including phenoxy) is 1. The van der Waals surface area contributed by atoms with E-state index in [2.05, 4.69) is 27.9 Å². The van der Waals surface area contributed by atoms with Gasteiger partial charge < -0.3 is 10.1 Å². The van der Waals surface area contributed by atoms with Crippen LogP contribution in [-0.2, 0) is 11.2 Å². The molecule has 0 unspecified atom stereocenters.